The molecule has 0 saturated heterocycles. The standard InChI is InChI=1S/C51H36BN3OS/c1-51(2)39-23-12-15-28-47(39)57-48-32-43-37(31-40(48)51)38-29-36(53(33-17-6-3-7-18-33)34-19-8-4-9-20-34)30-44-49(38)52(55(43)35-21-10-5-11-22-35)41-24-16-27-46-50(41)54(44)42-25-13-14-26-45(42)56-46/h3-32H,1-2H3. The van der Waals surface area contributed by atoms with Crippen molar-refractivity contribution in [1.82, 2.24) is 0 Å². The lowest BCUT2D eigenvalue weighted by molar-refractivity contribution is 0.477. The van der Waals surface area contributed by atoms with Crippen molar-refractivity contribution in [2.75, 3.05) is 14.6 Å². The first-order valence-corrected chi connectivity index (χ1v) is 20.4. The zero-order valence-corrected chi connectivity index (χ0v) is 32.4. The number of anilines is 8. The van der Waals surface area contributed by atoms with E-state index in [0.29, 0.717) is 0 Å². The fraction of sp³-hybridized carbons (Fsp3) is 0.0588. The van der Waals surface area contributed by atoms with E-state index in [4.69, 9.17) is 4.74 Å². The zero-order valence-electron chi connectivity index (χ0n) is 31.6. The summed E-state index contributed by atoms with van der Waals surface area (Å²) in [6, 6.07) is 66.3. The molecule has 0 atom stereocenters. The lowest BCUT2D eigenvalue weighted by atomic mass is 9.43. The van der Waals surface area contributed by atoms with Crippen molar-refractivity contribution in [3.05, 3.63) is 193 Å². The van der Waals surface area contributed by atoms with E-state index in [1.54, 1.807) is 0 Å². The Morgan fingerprint density at radius 2 is 1.19 bits per heavy atom. The highest BCUT2D eigenvalue weighted by molar-refractivity contribution is 7.99. The van der Waals surface area contributed by atoms with Crippen molar-refractivity contribution in [2.24, 2.45) is 0 Å². The molecular formula is C51H36BN3OS. The maximum absolute atomic E-state index is 6.76. The van der Waals surface area contributed by atoms with Crippen LogP contribution in [0.1, 0.15) is 25.0 Å². The van der Waals surface area contributed by atoms with E-state index >= 15 is 0 Å². The molecule has 4 aliphatic rings. The quantitative estimate of drug-likeness (QED) is 0.166. The third kappa shape index (κ3) is 4.71. The first kappa shape index (κ1) is 32.6. The summed E-state index contributed by atoms with van der Waals surface area (Å²) in [5, 5.41) is 0. The zero-order chi connectivity index (χ0) is 37.8. The summed E-state index contributed by atoms with van der Waals surface area (Å²) in [5.41, 5.74) is 16.5. The molecule has 8 aromatic carbocycles. The van der Waals surface area contributed by atoms with Crippen LogP contribution in [0, 0.1) is 0 Å². The van der Waals surface area contributed by atoms with E-state index in [1.807, 2.05) is 11.8 Å². The van der Waals surface area contributed by atoms with E-state index in [-0.39, 0.29) is 12.3 Å². The molecule has 0 bridgehead atoms. The third-order valence-electron chi connectivity index (χ3n) is 12.2. The van der Waals surface area contributed by atoms with E-state index in [2.05, 4.69) is 210 Å². The van der Waals surface area contributed by atoms with Crippen molar-refractivity contribution in [2.45, 2.75) is 29.1 Å². The van der Waals surface area contributed by atoms with E-state index in [9.17, 15) is 0 Å². The van der Waals surface area contributed by atoms with Crippen LogP contribution in [0.25, 0.3) is 11.1 Å². The normalized spacial score (nSPS) is 14.6. The van der Waals surface area contributed by atoms with Crippen LogP contribution in [0.15, 0.2) is 192 Å². The van der Waals surface area contributed by atoms with Gasteiger partial charge < -0.3 is 19.3 Å². The van der Waals surface area contributed by atoms with Crippen LogP contribution in [0.3, 0.4) is 0 Å². The van der Waals surface area contributed by atoms with Gasteiger partial charge in [0.1, 0.15) is 0 Å². The molecule has 0 saturated carbocycles. The summed E-state index contributed by atoms with van der Waals surface area (Å²) in [6.45, 7) is 4.66. The minimum absolute atomic E-state index is 0.118. The van der Waals surface area contributed by atoms with Crippen LogP contribution in [0.4, 0.5) is 45.5 Å². The molecule has 4 nitrogen and oxygen atoms in total. The van der Waals surface area contributed by atoms with Gasteiger partial charge in [-0.1, -0.05) is 123 Å². The molecule has 0 unspecified atom stereocenters. The smallest absolute Gasteiger partial charge is 0.333 e. The Morgan fingerprint density at radius 1 is 0.526 bits per heavy atom. The molecular weight excluding hydrogens is 713 g/mol. The van der Waals surface area contributed by atoms with Gasteiger partial charge in [-0.05, 0) is 113 Å². The molecule has 0 aliphatic carbocycles. The summed E-state index contributed by atoms with van der Waals surface area (Å²) < 4.78 is 6.76. The Balaban J connectivity index is 1.22. The van der Waals surface area contributed by atoms with Crippen molar-refractivity contribution in [3.63, 3.8) is 0 Å². The Labute approximate surface area is 337 Å². The highest BCUT2D eigenvalue weighted by Gasteiger charge is 2.48. The summed E-state index contributed by atoms with van der Waals surface area (Å²) in [4.78, 5) is 10.1. The van der Waals surface area contributed by atoms with Crippen LogP contribution in [0.2, 0.25) is 0 Å². The lowest BCUT2D eigenvalue weighted by Gasteiger charge is -2.48. The van der Waals surface area contributed by atoms with Crippen LogP contribution in [-0.4, -0.2) is 6.85 Å². The average molecular weight is 750 g/mol. The van der Waals surface area contributed by atoms with E-state index in [1.165, 1.54) is 48.7 Å². The minimum Gasteiger partial charge on any atom is -0.453 e. The SMILES string of the molecule is CC1(C)c2ccccc2Sc2cc3c(cc21)-c1cc(N(c2ccccc2)c2ccccc2)cc2c1B(c1cccc4c1N2c1ccccc1O4)N3c1ccccc1. The number of nitrogens with zero attached hydrogens (tertiary/aromatic N) is 3. The maximum Gasteiger partial charge on any atom is 0.333 e. The number of hydrogen-bond acceptors (Lipinski definition) is 5. The van der Waals surface area contributed by atoms with Gasteiger partial charge in [0.05, 0.1) is 11.4 Å². The fourth-order valence-electron chi connectivity index (χ4n) is 9.68. The molecule has 6 heteroatoms. The second kappa shape index (κ2) is 12.2. The van der Waals surface area contributed by atoms with Gasteiger partial charge in [-0.3, -0.25) is 0 Å². The van der Waals surface area contributed by atoms with E-state index < -0.39 is 0 Å². The van der Waals surface area contributed by atoms with Gasteiger partial charge in [0.25, 0.3) is 0 Å². The monoisotopic (exact) mass is 749 g/mol. The van der Waals surface area contributed by atoms with Crippen molar-refractivity contribution >= 4 is 75.0 Å². The number of para-hydroxylation sites is 6. The van der Waals surface area contributed by atoms with Gasteiger partial charge in [-0.2, -0.15) is 0 Å². The second-order valence-electron chi connectivity index (χ2n) is 15.7. The molecule has 4 aliphatic heterocycles. The summed E-state index contributed by atoms with van der Waals surface area (Å²) in [5.74, 6) is 1.72. The summed E-state index contributed by atoms with van der Waals surface area (Å²) in [7, 11) is 0. The molecule has 270 valence electrons. The Hall–Kier alpha value is -6.63. The van der Waals surface area contributed by atoms with Crippen LogP contribution in [-0.2, 0) is 5.41 Å². The van der Waals surface area contributed by atoms with Crippen LogP contribution in [0.5, 0.6) is 11.5 Å². The van der Waals surface area contributed by atoms with Gasteiger partial charge in [0.15, 0.2) is 11.5 Å². The Bertz CT molecular complexity index is 2880. The van der Waals surface area contributed by atoms with Crippen molar-refractivity contribution < 1.29 is 4.74 Å². The maximum atomic E-state index is 6.76. The molecule has 0 spiro atoms. The number of ether oxygens (including phenoxy) is 1. The molecule has 0 radical (unpaired) electrons. The topological polar surface area (TPSA) is 19.0 Å². The average Bonchev–Trinajstić information content (AvgIpc) is 3.25. The van der Waals surface area contributed by atoms with E-state index in [0.717, 1.165) is 51.3 Å². The van der Waals surface area contributed by atoms with Gasteiger partial charge >= 0.3 is 6.85 Å². The highest BCUT2D eigenvalue weighted by atomic mass is 32.2. The van der Waals surface area contributed by atoms with Gasteiger partial charge in [0, 0.05) is 54.9 Å². The number of fused-ring (bicyclic) bond motifs is 8. The predicted molar refractivity (Wildman–Crippen MR) is 238 cm³/mol. The fourth-order valence-corrected chi connectivity index (χ4v) is 11.1. The van der Waals surface area contributed by atoms with Gasteiger partial charge in [-0.15, -0.1) is 0 Å². The Morgan fingerprint density at radius 3 is 1.96 bits per heavy atom. The largest absolute Gasteiger partial charge is 0.453 e. The molecule has 4 heterocycles. The van der Waals surface area contributed by atoms with Crippen LogP contribution < -0.4 is 30.3 Å². The van der Waals surface area contributed by atoms with Gasteiger partial charge in [-0.25, -0.2) is 0 Å². The molecule has 0 amide bonds. The van der Waals surface area contributed by atoms with Crippen LogP contribution >= 0.6 is 11.8 Å². The molecule has 0 aromatic heterocycles. The third-order valence-corrected chi connectivity index (χ3v) is 13.3. The summed E-state index contributed by atoms with van der Waals surface area (Å²) in [6.07, 6.45) is 0. The lowest BCUT2D eigenvalue weighted by Crippen LogP contribution is -2.62. The first-order chi connectivity index (χ1) is 28.0. The molecule has 12 rings (SSSR count). The molecule has 0 fully saturated rings. The minimum atomic E-state index is -0.191. The predicted octanol–water partition coefficient (Wildman–Crippen LogP) is 12.8. The highest BCUT2D eigenvalue weighted by Crippen LogP contribution is 2.57. The second-order valence-corrected chi connectivity index (χ2v) is 16.8. The number of hydrogen-bond donors (Lipinski definition) is 0. The molecule has 0 N–H and O–H groups in total. The molecule has 8 aromatic rings. The Kier molecular flexibility index (Phi) is 6.97. The van der Waals surface area contributed by atoms with Crippen molar-refractivity contribution in [1.29, 1.82) is 0 Å². The van der Waals surface area contributed by atoms with Gasteiger partial charge in [0.2, 0.25) is 0 Å². The molecule has 57 heavy (non-hydrogen) atoms. The first-order valence-electron chi connectivity index (χ1n) is 19.6. The number of benzene rings is 8. The summed E-state index contributed by atoms with van der Waals surface area (Å²) >= 11 is 1.90. The number of rotatable bonds is 4. The van der Waals surface area contributed by atoms with Crippen molar-refractivity contribution in [3.8, 4) is 22.6 Å².